The summed E-state index contributed by atoms with van der Waals surface area (Å²) >= 11 is 0. The predicted molar refractivity (Wildman–Crippen MR) is 71.5 cm³/mol. The molecule has 0 unspecified atom stereocenters. The van der Waals surface area contributed by atoms with Gasteiger partial charge in [-0.2, -0.15) is 0 Å². The highest BCUT2D eigenvalue weighted by atomic mass is 19.2. The molecule has 0 amide bonds. The normalized spacial score (nSPS) is 20.2. The number of nitrogens with one attached hydrogen (secondary N) is 1. The van der Waals surface area contributed by atoms with Gasteiger partial charge in [0.25, 0.3) is 0 Å². The third kappa shape index (κ3) is 2.43. The van der Waals surface area contributed by atoms with E-state index in [-0.39, 0.29) is 12.1 Å². The summed E-state index contributed by atoms with van der Waals surface area (Å²) in [5.41, 5.74) is 0.376. The van der Waals surface area contributed by atoms with Crippen molar-refractivity contribution in [2.45, 2.75) is 31.9 Å². The minimum Gasteiger partial charge on any atom is -0.376 e. The number of fused-ring (bicyclic) bond motifs is 1. The number of benzene rings is 1. The Labute approximate surface area is 115 Å². The molecule has 1 aliphatic rings. The number of rotatable bonds is 3. The molecular weight excluding hydrogens is 264 g/mol. The third-order valence-electron chi connectivity index (χ3n) is 3.56. The molecule has 20 heavy (non-hydrogen) atoms. The Hall–Kier alpha value is -1.82. The summed E-state index contributed by atoms with van der Waals surface area (Å²) < 4.78 is 32.2. The zero-order chi connectivity index (χ0) is 14.1. The van der Waals surface area contributed by atoms with Gasteiger partial charge in [-0.1, -0.05) is 0 Å². The first kappa shape index (κ1) is 13.2. The summed E-state index contributed by atoms with van der Waals surface area (Å²) in [6.07, 6.45) is 3.48. The van der Waals surface area contributed by atoms with Crippen LogP contribution in [0.4, 0.5) is 14.6 Å². The maximum Gasteiger partial charge on any atom is 0.161 e. The highest BCUT2D eigenvalue weighted by Gasteiger charge is 2.23. The van der Waals surface area contributed by atoms with Crippen LogP contribution in [0.3, 0.4) is 0 Å². The third-order valence-corrected chi connectivity index (χ3v) is 3.56. The van der Waals surface area contributed by atoms with Crippen LogP contribution in [0, 0.1) is 11.6 Å². The molecule has 0 saturated carbocycles. The van der Waals surface area contributed by atoms with Gasteiger partial charge in [-0.3, -0.25) is 0 Å². The van der Waals surface area contributed by atoms with Crippen LogP contribution in [-0.4, -0.2) is 28.7 Å². The Morgan fingerprint density at radius 2 is 2.10 bits per heavy atom. The van der Waals surface area contributed by atoms with Crippen molar-refractivity contribution in [2.75, 3.05) is 11.9 Å². The average molecular weight is 279 g/mol. The molecule has 1 fully saturated rings. The molecule has 0 bridgehead atoms. The molecule has 1 N–H and O–H groups in total. The number of hydrogen-bond donors (Lipinski definition) is 1. The smallest absolute Gasteiger partial charge is 0.161 e. The molecule has 3 rings (SSSR count). The van der Waals surface area contributed by atoms with E-state index in [1.165, 1.54) is 6.33 Å². The highest BCUT2D eigenvalue weighted by Crippen LogP contribution is 2.24. The maximum absolute atomic E-state index is 13.4. The summed E-state index contributed by atoms with van der Waals surface area (Å²) in [4.78, 5) is 8.08. The second-order valence-corrected chi connectivity index (χ2v) is 4.99. The first-order valence-corrected chi connectivity index (χ1v) is 6.63. The van der Waals surface area contributed by atoms with E-state index in [1.54, 1.807) is 0 Å². The van der Waals surface area contributed by atoms with Crippen LogP contribution in [0.25, 0.3) is 10.9 Å². The fourth-order valence-corrected chi connectivity index (χ4v) is 2.47. The van der Waals surface area contributed by atoms with Gasteiger partial charge in [0.1, 0.15) is 12.1 Å². The van der Waals surface area contributed by atoms with Gasteiger partial charge in [0.2, 0.25) is 0 Å². The van der Waals surface area contributed by atoms with Crippen molar-refractivity contribution in [3.8, 4) is 0 Å². The molecule has 1 saturated heterocycles. The lowest BCUT2D eigenvalue weighted by atomic mass is 10.1. The standard InChI is InChI=1S/C14H15F2N3O/c1-8(13-3-2-4-20-13)19-14-9-5-10(15)11(16)6-12(9)17-7-18-14/h5-8,13H,2-4H2,1H3,(H,17,18,19)/t8-,13+/m0/s1. The van der Waals surface area contributed by atoms with Crippen LogP contribution in [0.15, 0.2) is 18.5 Å². The van der Waals surface area contributed by atoms with Gasteiger partial charge >= 0.3 is 0 Å². The van der Waals surface area contributed by atoms with Crippen molar-refractivity contribution in [2.24, 2.45) is 0 Å². The summed E-state index contributed by atoms with van der Waals surface area (Å²) in [6, 6.07) is 2.24. The molecule has 0 radical (unpaired) electrons. The Kier molecular flexibility index (Phi) is 3.48. The number of ether oxygens (including phenoxy) is 1. The Bertz CT molecular complexity index is 629. The first-order valence-electron chi connectivity index (χ1n) is 6.63. The summed E-state index contributed by atoms with van der Waals surface area (Å²) in [7, 11) is 0. The Morgan fingerprint density at radius 1 is 1.30 bits per heavy atom. The van der Waals surface area contributed by atoms with E-state index < -0.39 is 11.6 Å². The molecule has 0 aliphatic carbocycles. The topological polar surface area (TPSA) is 47.0 Å². The van der Waals surface area contributed by atoms with E-state index in [9.17, 15) is 8.78 Å². The van der Waals surface area contributed by atoms with E-state index in [2.05, 4.69) is 15.3 Å². The highest BCUT2D eigenvalue weighted by molar-refractivity contribution is 5.88. The van der Waals surface area contributed by atoms with Crippen LogP contribution in [0.2, 0.25) is 0 Å². The lowest BCUT2D eigenvalue weighted by Gasteiger charge is -2.21. The molecule has 2 aromatic rings. The molecule has 0 spiro atoms. The van der Waals surface area contributed by atoms with Crippen molar-refractivity contribution in [3.63, 3.8) is 0 Å². The molecular formula is C14H15F2N3O. The predicted octanol–water partition coefficient (Wildman–Crippen LogP) is 2.89. The van der Waals surface area contributed by atoms with E-state index >= 15 is 0 Å². The molecule has 1 aromatic heterocycles. The Balaban J connectivity index is 1.92. The number of anilines is 1. The van der Waals surface area contributed by atoms with Gasteiger partial charge in [-0.05, 0) is 25.8 Å². The van der Waals surface area contributed by atoms with E-state index in [1.807, 2.05) is 6.92 Å². The summed E-state index contributed by atoms with van der Waals surface area (Å²) in [5.74, 6) is -1.31. The van der Waals surface area contributed by atoms with Crippen molar-refractivity contribution in [1.29, 1.82) is 0 Å². The second-order valence-electron chi connectivity index (χ2n) is 4.99. The quantitative estimate of drug-likeness (QED) is 0.938. The SMILES string of the molecule is C[C@H](Nc1ncnc2cc(F)c(F)cc12)[C@H]1CCCO1. The largest absolute Gasteiger partial charge is 0.376 e. The van der Waals surface area contributed by atoms with Crippen LogP contribution in [0.1, 0.15) is 19.8 Å². The summed E-state index contributed by atoms with van der Waals surface area (Å²) in [5, 5.41) is 3.68. The van der Waals surface area contributed by atoms with E-state index in [0.29, 0.717) is 16.7 Å². The fourth-order valence-electron chi connectivity index (χ4n) is 2.47. The number of halogens is 2. The molecule has 4 nitrogen and oxygen atoms in total. The molecule has 2 heterocycles. The lowest BCUT2D eigenvalue weighted by Crippen LogP contribution is -2.30. The van der Waals surface area contributed by atoms with Crippen molar-refractivity contribution >= 4 is 16.7 Å². The van der Waals surface area contributed by atoms with Crippen LogP contribution >= 0.6 is 0 Å². The maximum atomic E-state index is 13.4. The number of nitrogens with zero attached hydrogens (tertiary/aromatic N) is 2. The molecule has 2 atom stereocenters. The van der Waals surface area contributed by atoms with Gasteiger partial charge in [-0.15, -0.1) is 0 Å². The summed E-state index contributed by atoms with van der Waals surface area (Å²) in [6.45, 7) is 2.75. The van der Waals surface area contributed by atoms with Crippen LogP contribution in [0.5, 0.6) is 0 Å². The van der Waals surface area contributed by atoms with Gasteiger partial charge < -0.3 is 10.1 Å². The van der Waals surface area contributed by atoms with Gasteiger partial charge in [0.15, 0.2) is 11.6 Å². The minimum atomic E-state index is -0.908. The van der Waals surface area contributed by atoms with E-state index in [0.717, 1.165) is 31.6 Å². The molecule has 1 aromatic carbocycles. The Morgan fingerprint density at radius 3 is 2.85 bits per heavy atom. The lowest BCUT2D eigenvalue weighted by molar-refractivity contribution is 0.0996. The van der Waals surface area contributed by atoms with Crippen molar-refractivity contribution in [1.82, 2.24) is 9.97 Å². The second kappa shape index (κ2) is 5.28. The van der Waals surface area contributed by atoms with Gasteiger partial charge in [-0.25, -0.2) is 18.7 Å². The van der Waals surface area contributed by atoms with E-state index in [4.69, 9.17) is 4.74 Å². The van der Waals surface area contributed by atoms with Gasteiger partial charge in [0.05, 0.1) is 17.7 Å². The van der Waals surface area contributed by atoms with Crippen molar-refractivity contribution in [3.05, 3.63) is 30.1 Å². The van der Waals surface area contributed by atoms with Gasteiger partial charge in [0, 0.05) is 18.1 Å². The first-order chi connectivity index (χ1) is 9.65. The van der Waals surface area contributed by atoms with Crippen LogP contribution < -0.4 is 5.32 Å². The zero-order valence-corrected chi connectivity index (χ0v) is 11.1. The fraction of sp³-hybridized carbons (Fsp3) is 0.429. The minimum absolute atomic E-state index is 0.0451. The van der Waals surface area contributed by atoms with Crippen LogP contribution in [-0.2, 0) is 4.74 Å². The molecule has 1 aliphatic heterocycles. The van der Waals surface area contributed by atoms with Crippen molar-refractivity contribution < 1.29 is 13.5 Å². The average Bonchev–Trinajstić information content (AvgIpc) is 2.95. The number of aromatic nitrogens is 2. The molecule has 106 valence electrons. The molecule has 6 heteroatoms. The zero-order valence-electron chi connectivity index (χ0n) is 11.1. The monoisotopic (exact) mass is 279 g/mol. The number of hydrogen-bond acceptors (Lipinski definition) is 4.